The van der Waals surface area contributed by atoms with Gasteiger partial charge in [0.1, 0.15) is 11.5 Å². The quantitative estimate of drug-likeness (QED) is 0.574. The summed E-state index contributed by atoms with van der Waals surface area (Å²) in [6.07, 6.45) is 1.78. The number of hydrogen-bond acceptors (Lipinski definition) is 7. The molecule has 0 aliphatic carbocycles. The van der Waals surface area contributed by atoms with E-state index in [-0.39, 0.29) is 12.2 Å². The summed E-state index contributed by atoms with van der Waals surface area (Å²) in [4.78, 5) is 4.47. The topological polar surface area (TPSA) is 81.2 Å². The fraction of sp³-hybridized carbons (Fsp3) is 0.286. The minimum absolute atomic E-state index is 0.0753. The highest BCUT2D eigenvalue weighted by atomic mass is 16.5. The van der Waals surface area contributed by atoms with Crippen molar-refractivity contribution < 1.29 is 9.47 Å². The van der Waals surface area contributed by atoms with E-state index in [0.29, 0.717) is 11.8 Å². The van der Waals surface area contributed by atoms with Crippen LogP contribution in [-0.2, 0) is 0 Å². The van der Waals surface area contributed by atoms with Gasteiger partial charge < -0.3 is 20.1 Å². The van der Waals surface area contributed by atoms with Crippen molar-refractivity contribution in [2.45, 2.75) is 39.9 Å². The molecule has 2 N–H and O–H groups in total. The summed E-state index contributed by atoms with van der Waals surface area (Å²) in [7, 11) is 0. The van der Waals surface area contributed by atoms with Crippen LogP contribution in [0.4, 0.5) is 23.1 Å². The van der Waals surface area contributed by atoms with Crippen molar-refractivity contribution in [2.24, 2.45) is 0 Å². The Kier molecular flexibility index (Phi) is 6.26. The summed E-state index contributed by atoms with van der Waals surface area (Å²) in [5.74, 6) is 2.53. The summed E-state index contributed by atoms with van der Waals surface area (Å²) >= 11 is 0. The first-order valence-corrected chi connectivity index (χ1v) is 9.26. The molecular formula is C21H25N5O2. The molecule has 7 nitrogen and oxygen atoms in total. The fourth-order valence-corrected chi connectivity index (χ4v) is 2.50. The number of para-hydroxylation sites is 2. The van der Waals surface area contributed by atoms with Crippen LogP contribution in [-0.4, -0.2) is 27.4 Å². The molecule has 0 fully saturated rings. The first-order valence-electron chi connectivity index (χ1n) is 9.26. The molecule has 146 valence electrons. The van der Waals surface area contributed by atoms with E-state index in [2.05, 4.69) is 25.8 Å². The number of ether oxygens (including phenoxy) is 2. The maximum absolute atomic E-state index is 5.83. The fourth-order valence-electron chi connectivity index (χ4n) is 2.50. The van der Waals surface area contributed by atoms with E-state index in [9.17, 15) is 0 Å². The number of aromatic nitrogens is 3. The lowest BCUT2D eigenvalue weighted by molar-refractivity contribution is 0.242. The van der Waals surface area contributed by atoms with E-state index in [1.54, 1.807) is 6.20 Å². The molecule has 7 heteroatoms. The van der Waals surface area contributed by atoms with E-state index >= 15 is 0 Å². The predicted octanol–water partition coefficient (Wildman–Crippen LogP) is 4.93. The van der Waals surface area contributed by atoms with Gasteiger partial charge in [0.15, 0.2) is 5.82 Å². The van der Waals surface area contributed by atoms with Gasteiger partial charge in [0.25, 0.3) is 0 Å². The Morgan fingerprint density at radius 1 is 0.821 bits per heavy atom. The summed E-state index contributed by atoms with van der Waals surface area (Å²) < 4.78 is 11.5. The minimum Gasteiger partial charge on any atom is -0.491 e. The SMILES string of the molecule is CC(C)Oc1ccc(Nc2nncc(Nc3ccccc3OC(C)C)n2)cc1. The van der Waals surface area contributed by atoms with E-state index in [1.165, 1.54) is 0 Å². The number of rotatable bonds is 8. The van der Waals surface area contributed by atoms with Crippen LogP contribution in [0.2, 0.25) is 0 Å². The number of nitrogens with zero attached hydrogens (tertiary/aromatic N) is 3. The predicted molar refractivity (Wildman–Crippen MR) is 111 cm³/mol. The second-order valence-corrected chi connectivity index (χ2v) is 6.77. The molecule has 0 saturated heterocycles. The van der Waals surface area contributed by atoms with Crippen molar-refractivity contribution in [3.63, 3.8) is 0 Å². The Balaban J connectivity index is 1.71. The van der Waals surface area contributed by atoms with Gasteiger partial charge in [-0.05, 0) is 64.1 Å². The molecule has 1 heterocycles. The van der Waals surface area contributed by atoms with Crippen molar-refractivity contribution in [3.8, 4) is 11.5 Å². The van der Waals surface area contributed by atoms with Crippen LogP contribution in [0.15, 0.2) is 54.7 Å². The van der Waals surface area contributed by atoms with Crippen LogP contribution in [0.25, 0.3) is 0 Å². The number of hydrogen-bond donors (Lipinski definition) is 2. The Labute approximate surface area is 165 Å². The number of nitrogens with one attached hydrogen (secondary N) is 2. The third-order valence-corrected chi connectivity index (χ3v) is 3.55. The third-order valence-electron chi connectivity index (χ3n) is 3.55. The standard InChI is InChI=1S/C21H25N5O2/c1-14(2)27-17-11-9-16(10-12-17)23-21-25-20(13-22-26-21)24-18-7-5-6-8-19(18)28-15(3)4/h5-15H,1-4H3,(H2,23,24,25,26). The molecule has 0 aliphatic rings. The highest BCUT2D eigenvalue weighted by Gasteiger charge is 2.08. The van der Waals surface area contributed by atoms with Gasteiger partial charge in [-0.1, -0.05) is 12.1 Å². The molecule has 0 saturated carbocycles. The van der Waals surface area contributed by atoms with Crippen molar-refractivity contribution in [1.82, 2.24) is 15.2 Å². The average molecular weight is 379 g/mol. The smallest absolute Gasteiger partial charge is 0.249 e. The molecule has 28 heavy (non-hydrogen) atoms. The highest BCUT2D eigenvalue weighted by molar-refractivity contribution is 5.64. The molecule has 0 unspecified atom stereocenters. The molecule has 3 rings (SSSR count). The van der Waals surface area contributed by atoms with Crippen LogP contribution in [0.1, 0.15) is 27.7 Å². The lowest BCUT2D eigenvalue weighted by atomic mass is 10.3. The van der Waals surface area contributed by atoms with Crippen LogP contribution >= 0.6 is 0 Å². The average Bonchev–Trinajstić information content (AvgIpc) is 2.64. The van der Waals surface area contributed by atoms with Gasteiger partial charge in [-0.2, -0.15) is 10.1 Å². The molecule has 0 atom stereocenters. The monoisotopic (exact) mass is 379 g/mol. The third kappa shape index (κ3) is 5.57. The molecule has 2 aromatic carbocycles. The zero-order valence-corrected chi connectivity index (χ0v) is 16.5. The minimum atomic E-state index is 0.0753. The first kappa shape index (κ1) is 19.4. The van der Waals surface area contributed by atoms with Crippen LogP contribution in [0, 0.1) is 0 Å². The Morgan fingerprint density at radius 2 is 1.54 bits per heavy atom. The van der Waals surface area contributed by atoms with Gasteiger partial charge in [0.2, 0.25) is 5.95 Å². The zero-order valence-electron chi connectivity index (χ0n) is 16.5. The summed E-state index contributed by atoms with van der Waals surface area (Å²) in [6, 6.07) is 15.3. The van der Waals surface area contributed by atoms with Gasteiger partial charge in [0, 0.05) is 5.69 Å². The first-order chi connectivity index (χ1) is 13.5. The number of anilines is 4. The van der Waals surface area contributed by atoms with Crippen LogP contribution < -0.4 is 20.1 Å². The van der Waals surface area contributed by atoms with Crippen molar-refractivity contribution >= 4 is 23.1 Å². The van der Waals surface area contributed by atoms with Gasteiger partial charge in [-0.3, -0.25) is 0 Å². The molecule has 1 aromatic heterocycles. The molecule has 0 radical (unpaired) electrons. The number of benzene rings is 2. The van der Waals surface area contributed by atoms with Crippen molar-refractivity contribution in [2.75, 3.05) is 10.6 Å². The van der Waals surface area contributed by atoms with Crippen LogP contribution in [0.3, 0.4) is 0 Å². The Hall–Kier alpha value is -3.35. The Bertz CT molecular complexity index is 897. The molecule has 0 aliphatic heterocycles. The van der Waals surface area contributed by atoms with Crippen molar-refractivity contribution in [3.05, 3.63) is 54.7 Å². The van der Waals surface area contributed by atoms with Crippen LogP contribution in [0.5, 0.6) is 11.5 Å². The second-order valence-electron chi connectivity index (χ2n) is 6.77. The van der Waals surface area contributed by atoms with E-state index in [0.717, 1.165) is 22.9 Å². The van der Waals surface area contributed by atoms with E-state index in [4.69, 9.17) is 9.47 Å². The molecule has 0 amide bonds. The van der Waals surface area contributed by atoms with E-state index in [1.807, 2.05) is 76.2 Å². The van der Waals surface area contributed by atoms with Gasteiger partial charge in [0.05, 0.1) is 24.1 Å². The second kappa shape index (κ2) is 9.03. The summed E-state index contributed by atoms with van der Waals surface area (Å²) in [5, 5.41) is 14.4. The van der Waals surface area contributed by atoms with Gasteiger partial charge in [-0.15, -0.1) is 5.10 Å². The van der Waals surface area contributed by atoms with Gasteiger partial charge in [-0.25, -0.2) is 0 Å². The summed E-state index contributed by atoms with van der Waals surface area (Å²) in [6.45, 7) is 7.97. The highest BCUT2D eigenvalue weighted by Crippen LogP contribution is 2.27. The normalized spacial score (nSPS) is 10.8. The van der Waals surface area contributed by atoms with Gasteiger partial charge >= 0.3 is 0 Å². The lowest BCUT2D eigenvalue weighted by Crippen LogP contribution is -2.08. The van der Waals surface area contributed by atoms with E-state index < -0.39 is 0 Å². The molecule has 3 aromatic rings. The maximum Gasteiger partial charge on any atom is 0.249 e. The Morgan fingerprint density at radius 3 is 2.25 bits per heavy atom. The van der Waals surface area contributed by atoms with Crippen molar-refractivity contribution in [1.29, 1.82) is 0 Å². The largest absolute Gasteiger partial charge is 0.491 e. The summed E-state index contributed by atoms with van der Waals surface area (Å²) in [5.41, 5.74) is 1.66. The molecule has 0 bridgehead atoms. The molecular weight excluding hydrogens is 354 g/mol. The lowest BCUT2D eigenvalue weighted by Gasteiger charge is -2.15. The zero-order chi connectivity index (χ0) is 19.9. The maximum atomic E-state index is 5.83. The molecule has 0 spiro atoms.